The molecule has 2 atom stereocenters. The molecule has 0 aliphatic carbocycles. The van der Waals surface area contributed by atoms with E-state index in [0.29, 0.717) is 6.42 Å². The molecule has 0 aromatic carbocycles. The molecule has 0 amide bonds. The number of carbonyl (C=O) groups is 2. The largest absolute Gasteiger partial charge is 0.463 e. The van der Waals surface area contributed by atoms with Crippen molar-refractivity contribution in [1.82, 2.24) is 0 Å². The Labute approximate surface area is 300 Å². The fourth-order valence-electron chi connectivity index (χ4n) is 5.08. The number of carbonyl (C=O) groups excluding carboxylic acids is 2. The molecule has 280 valence electrons. The Morgan fingerprint density at radius 2 is 0.918 bits per heavy atom. The second-order valence-corrected chi connectivity index (χ2v) is 12.9. The van der Waals surface area contributed by atoms with Crippen LogP contribution in [0.2, 0.25) is 0 Å². The van der Waals surface area contributed by atoms with Crippen molar-refractivity contribution >= 4 is 11.9 Å². The Hall–Kier alpha value is -2.70. The number of rotatable bonds is 34. The molecule has 0 aliphatic rings. The molecule has 6 nitrogen and oxygen atoms in total. The summed E-state index contributed by atoms with van der Waals surface area (Å²) < 4.78 is 10.2. The van der Waals surface area contributed by atoms with E-state index in [1.54, 1.807) is 12.2 Å². The lowest BCUT2D eigenvalue weighted by atomic mass is 10.0. The molecule has 1 unspecified atom stereocenters. The highest BCUT2D eigenvalue weighted by Crippen LogP contribution is 2.14. The van der Waals surface area contributed by atoms with E-state index in [0.717, 1.165) is 51.4 Å². The van der Waals surface area contributed by atoms with Crippen LogP contribution in [0.5, 0.6) is 0 Å². The van der Waals surface area contributed by atoms with Crippen LogP contribution in [-0.4, -0.2) is 47.6 Å². The molecule has 0 aromatic rings. The summed E-state index contributed by atoms with van der Waals surface area (Å²) in [5, 5.41) is 20.1. The first-order valence-electron chi connectivity index (χ1n) is 19.6. The highest BCUT2D eigenvalue weighted by molar-refractivity contribution is 5.69. The highest BCUT2D eigenvalue weighted by atomic mass is 16.6. The smallest absolute Gasteiger partial charge is 0.305 e. The van der Waals surface area contributed by atoms with Crippen LogP contribution in [0, 0.1) is 0 Å². The monoisotopic (exact) mass is 685 g/mol. The quantitative estimate of drug-likeness (QED) is 0.0303. The molecule has 0 rings (SSSR count). The number of hydrogen-bond donors (Lipinski definition) is 2. The van der Waals surface area contributed by atoms with Crippen molar-refractivity contribution in [3.8, 4) is 0 Å². The van der Waals surface area contributed by atoms with Gasteiger partial charge < -0.3 is 19.7 Å². The van der Waals surface area contributed by atoms with Gasteiger partial charge in [-0.2, -0.15) is 0 Å². The van der Waals surface area contributed by atoms with Crippen LogP contribution in [0.15, 0.2) is 72.9 Å². The number of aliphatic hydroxyl groups is 2. The molecular weight excluding hydrogens is 612 g/mol. The Kier molecular flexibility index (Phi) is 36.0. The van der Waals surface area contributed by atoms with E-state index in [4.69, 9.17) is 9.47 Å². The maximum Gasteiger partial charge on any atom is 0.305 e. The predicted molar refractivity (Wildman–Crippen MR) is 206 cm³/mol. The van der Waals surface area contributed by atoms with Gasteiger partial charge >= 0.3 is 11.9 Å². The second-order valence-electron chi connectivity index (χ2n) is 12.9. The summed E-state index contributed by atoms with van der Waals surface area (Å²) in [6.07, 6.45) is 47.2. The lowest BCUT2D eigenvalue weighted by molar-refractivity contribution is -0.152. The zero-order valence-corrected chi connectivity index (χ0v) is 31.3. The van der Waals surface area contributed by atoms with Crippen molar-refractivity contribution in [2.24, 2.45) is 0 Å². The van der Waals surface area contributed by atoms with Crippen molar-refractivity contribution < 1.29 is 29.3 Å². The van der Waals surface area contributed by atoms with Gasteiger partial charge in [-0.3, -0.25) is 9.59 Å². The van der Waals surface area contributed by atoms with E-state index in [9.17, 15) is 19.8 Å². The summed E-state index contributed by atoms with van der Waals surface area (Å²) >= 11 is 0. The van der Waals surface area contributed by atoms with E-state index in [-0.39, 0.29) is 32.0 Å². The Morgan fingerprint density at radius 3 is 1.39 bits per heavy atom. The van der Waals surface area contributed by atoms with Crippen LogP contribution in [0.1, 0.15) is 162 Å². The first-order chi connectivity index (χ1) is 24.0. The van der Waals surface area contributed by atoms with E-state index in [1.807, 2.05) is 12.2 Å². The van der Waals surface area contributed by atoms with Gasteiger partial charge in [0.15, 0.2) is 0 Å². The Morgan fingerprint density at radius 1 is 0.510 bits per heavy atom. The Balaban J connectivity index is 3.69. The number of unbranched alkanes of at least 4 members (excludes halogenated alkanes) is 14. The summed E-state index contributed by atoms with van der Waals surface area (Å²) in [7, 11) is 0. The number of allylic oxidation sites excluding steroid dienone is 11. The maximum atomic E-state index is 12.0. The van der Waals surface area contributed by atoms with Gasteiger partial charge in [-0.1, -0.05) is 177 Å². The molecule has 0 aromatic heterocycles. The summed E-state index contributed by atoms with van der Waals surface area (Å²) in [5.41, 5.74) is 0. The first-order valence-corrected chi connectivity index (χ1v) is 19.6. The molecule has 2 N–H and O–H groups in total. The summed E-state index contributed by atoms with van der Waals surface area (Å²) in [4.78, 5) is 23.9. The molecule has 0 spiro atoms. The second kappa shape index (κ2) is 38.1. The van der Waals surface area contributed by atoms with Crippen LogP contribution in [0.4, 0.5) is 0 Å². The molecule has 0 saturated carbocycles. The van der Waals surface area contributed by atoms with Gasteiger partial charge in [-0.05, 0) is 44.9 Å². The van der Waals surface area contributed by atoms with Crippen molar-refractivity contribution in [2.75, 3.05) is 13.2 Å². The summed E-state index contributed by atoms with van der Waals surface area (Å²) in [5.74, 6) is -0.840. The van der Waals surface area contributed by atoms with Crippen molar-refractivity contribution in [3.63, 3.8) is 0 Å². The summed E-state index contributed by atoms with van der Waals surface area (Å²) in [6, 6.07) is 0. The predicted octanol–water partition coefficient (Wildman–Crippen LogP) is 11.1. The number of aliphatic hydroxyl groups excluding tert-OH is 2. The topological polar surface area (TPSA) is 93.1 Å². The van der Waals surface area contributed by atoms with E-state index in [1.165, 1.54) is 77.0 Å². The van der Waals surface area contributed by atoms with Crippen LogP contribution in [-0.2, 0) is 19.1 Å². The van der Waals surface area contributed by atoms with Crippen LogP contribution in [0.3, 0.4) is 0 Å². The fraction of sp³-hybridized carbons (Fsp3) is 0.674. The third kappa shape index (κ3) is 38.0. The van der Waals surface area contributed by atoms with Gasteiger partial charge in [0.05, 0.1) is 6.10 Å². The van der Waals surface area contributed by atoms with E-state index < -0.39 is 18.2 Å². The minimum atomic E-state index is -1.06. The molecule has 0 aliphatic heterocycles. The molecule has 0 radical (unpaired) electrons. The van der Waals surface area contributed by atoms with Gasteiger partial charge in [0.25, 0.3) is 0 Å². The van der Waals surface area contributed by atoms with Gasteiger partial charge in [0.1, 0.15) is 19.3 Å². The lowest BCUT2D eigenvalue weighted by Crippen LogP contribution is -2.25. The number of esters is 2. The van der Waals surface area contributed by atoms with Crippen LogP contribution < -0.4 is 0 Å². The average Bonchev–Trinajstić information content (AvgIpc) is 3.10. The zero-order chi connectivity index (χ0) is 35.9. The first kappa shape index (κ1) is 46.3. The minimum Gasteiger partial charge on any atom is -0.463 e. The van der Waals surface area contributed by atoms with Gasteiger partial charge in [0, 0.05) is 12.8 Å². The zero-order valence-electron chi connectivity index (χ0n) is 31.3. The average molecular weight is 685 g/mol. The molecule has 0 saturated heterocycles. The van der Waals surface area contributed by atoms with E-state index >= 15 is 0 Å². The van der Waals surface area contributed by atoms with Gasteiger partial charge in [-0.25, -0.2) is 0 Å². The fourth-order valence-corrected chi connectivity index (χ4v) is 5.08. The van der Waals surface area contributed by atoms with Crippen LogP contribution >= 0.6 is 0 Å². The molecule has 0 bridgehead atoms. The highest BCUT2D eigenvalue weighted by Gasteiger charge is 2.13. The van der Waals surface area contributed by atoms with Crippen molar-refractivity contribution in [3.05, 3.63) is 72.9 Å². The molecular formula is C43H72O6. The number of ether oxygens (including phenoxy) is 2. The SMILES string of the molecule is CC/C=C\C/C=C\C/C=C\C/C=C\C/C=C\C=C/C(O)CCC(=O)OC[C@@H](O)COC(=O)CCCCCCCCCCCCCCCCC. The summed E-state index contributed by atoms with van der Waals surface area (Å²) in [6.45, 7) is 3.97. The molecule has 6 heteroatoms. The third-order valence-electron chi connectivity index (χ3n) is 8.07. The van der Waals surface area contributed by atoms with Crippen molar-refractivity contribution in [2.45, 2.75) is 174 Å². The maximum absolute atomic E-state index is 12.0. The lowest BCUT2D eigenvalue weighted by Gasteiger charge is -2.12. The molecule has 0 heterocycles. The molecule has 0 fully saturated rings. The van der Waals surface area contributed by atoms with Gasteiger partial charge in [-0.15, -0.1) is 0 Å². The Bertz CT molecular complexity index is 929. The van der Waals surface area contributed by atoms with E-state index in [2.05, 4.69) is 62.5 Å². The number of hydrogen-bond acceptors (Lipinski definition) is 6. The normalized spacial score (nSPS) is 13.6. The van der Waals surface area contributed by atoms with Crippen molar-refractivity contribution in [1.29, 1.82) is 0 Å². The standard InChI is InChI=1S/C43H72O6/c1-3-5-7-9-11-13-15-17-19-21-22-24-26-28-30-32-34-40(44)36-37-43(47)49-39-41(45)38-48-42(46)35-33-31-29-27-25-23-20-18-16-14-12-10-8-6-4-2/h5,7,11,13,17,19,22,24,28,30,32,34,40-41,44-45H,3-4,6,8-10,12,14-16,18,20-21,23,25-27,29,31,33,35-39H2,1-2H3/b7-5-,13-11-,19-17-,24-22-,30-28-,34-32-/t40?,41-/m0/s1. The van der Waals surface area contributed by atoms with Gasteiger partial charge in [0.2, 0.25) is 0 Å². The molecule has 49 heavy (non-hydrogen) atoms. The van der Waals surface area contributed by atoms with Crippen LogP contribution in [0.25, 0.3) is 0 Å². The third-order valence-corrected chi connectivity index (χ3v) is 8.07. The minimum absolute atomic E-state index is 0.0306.